The number of rotatable bonds is 2. The summed E-state index contributed by atoms with van der Waals surface area (Å²) in [6.45, 7) is 1.90. The fraction of sp³-hybridized carbons (Fsp3) is 0.143. The number of fused-ring (bicyclic) bond motifs is 1. The lowest BCUT2D eigenvalue weighted by molar-refractivity contribution is -0.136. The van der Waals surface area contributed by atoms with E-state index in [2.05, 4.69) is 0 Å². The second-order valence-electron chi connectivity index (χ2n) is 3.86. The minimum atomic E-state index is -0.663. The minimum Gasteiger partial charge on any atom is -0.462 e. The van der Waals surface area contributed by atoms with E-state index < -0.39 is 5.97 Å². The average Bonchev–Trinajstić information content (AvgIpc) is 2.58. The van der Waals surface area contributed by atoms with Gasteiger partial charge >= 0.3 is 5.97 Å². The van der Waals surface area contributed by atoms with Crippen molar-refractivity contribution < 1.29 is 9.53 Å². The molecule has 5 heteroatoms. The molecule has 1 aromatic heterocycles. The third-order valence-corrected chi connectivity index (χ3v) is 2.71. The largest absolute Gasteiger partial charge is 0.462 e. The van der Waals surface area contributed by atoms with Crippen LogP contribution in [0.25, 0.3) is 17.7 Å². The Labute approximate surface area is 110 Å². The van der Waals surface area contributed by atoms with Crippen LogP contribution in [0.1, 0.15) is 12.5 Å². The molecule has 0 aliphatic heterocycles. The number of carbonyl (C=O) groups excluding carboxylic acids is 1. The molecule has 0 amide bonds. The average molecular weight is 255 g/mol. The second-order valence-corrected chi connectivity index (χ2v) is 3.86. The molecule has 0 bridgehead atoms. The highest BCUT2D eigenvalue weighted by Gasteiger charge is 2.14. The molecule has 0 spiro atoms. The molecule has 0 unspecified atom stereocenters. The Balaban J connectivity index is 2.74. The lowest BCUT2D eigenvalue weighted by atomic mass is 10.2. The third-order valence-electron chi connectivity index (χ3n) is 2.71. The molecule has 5 nitrogen and oxygen atoms in total. The van der Waals surface area contributed by atoms with Gasteiger partial charge in [-0.05, 0) is 19.1 Å². The zero-order chi connectivity index (χ0) is 13.8. The predicted octanol–water partition coefficient (Wildman–Crippen LogP) is -0.197. The van der Waals surface area contributed by atoms with Crippen molar-refractivity contribution in [3.05, 3.63) is 40.6 Å². The van der Waals surface area contributed by atoms with E-state index in [-0.39, 0.29) is 12.2 Å². The molecule has 0 saturated heterocycles. The number of esters is 1. The summed E-state index contributed by atoms with van der Waals surface area (Å²) >= 11 is 0. The van der Waals surface area contributed by atoms with Crippen LogP contribution in [0.3, 0.4) is 0 Å². The molecule has 2 N–H and O–H groups in total. The van der Waals surface area contributed by atoms with E-state index >= 15 is 0 Å². The summed E-state index contributed by atoms with van der Waals surface area (Å²) in [5, 5.41) is 10.2. The van der Waals surface area contributed by atoms with Crippen molar-refractivity contribution in [2.75, 3.05) is 12.4 Å². The number of nitrogens with zero attached hydrogens (tertiary/aromatic N) is 2. The van der Waals surface area contributed by atoms with Gasteiger partial charge in [-0.15, -0.1) is 0 Å². The molecular weight excluding hydrogens is 242 g/mol. The third kappa shape index (κ3) is 2.29. The SMILES string of the molecule is CCOC(=O)/C(C#N)=c1\cc2c(n1N)=CC=CC=C2. The fourth-order valence-electron chi connectivity index (χ4n) is 1.84. The molecule has 0 fully saturated rings. The minimum absolute atomic E-state index is 0.0943. The van der Waals surface area contributed by atoms with E-state index in [1.165, 1.54) is 4.68 Å². The number of nitriles is 1. The number of nitrogens with two attached hydrogens (primary N) is 1. The van der Waals surface area contributed by atoms with Crippen molar-refractivity contribution in [2.45, 2.75) is 6.92 Å². The highest BCUT2D eigenvalue weighted by molar-refractivity contribution is 6.15. The molecule has 2 rings (SSSR count). The van der Waals surface area contributed by atoms with Crippen LogP contribution in [0.4, 0.5) is 0 Å². The second kappa shape index (κ2) is 5.27. The van der Waals surface area contributed by atoms with Gasteiger partial charge in [0.1, 0.15) is 6.07 Å². The van der Waals surface area contributed by atoms with Gasteiger partial charge in [-0.1, -0.05) is 24.3 Å². The van der Waals surface area contributed by atoms with Crippen LogP contribution in [0, 0.1) is 11.3 Å². The monoisotopic (exact) mass is 255 g/mol. The van der Waals surface area contributed by atoms with Crippen LogP contribution in [0.2, 0.25) is 0 Å². The molecule has 1 aliphatic rings. The molecule has 1 aromatic rings. The molecule has 1 heterocycles. The number of nitrogen functional groups attached to an aromatic ring is 1. The zero-order valence-electron chi connectivity index (χ0n) is 10.5. The molecule has 96 valence electrons. The fourth-order valence-corrected chi connectivity index (χ4v) is 1.84. The molecular formula is C14H13N3O2. The lowest BCUT2D eigenvalue weighted by Crippen LogP contribution is -2.36. The van der Waals surface area contributed by atoms with E-state index in [1.54, 1.807) is 13.0 Å². The first-order valence-corrected chi connectivity index (χ1v) is 5.82. The zero-order valence-corrected chi connectivity index (χ0v) is 10.5. The summed E-state index contributed by atoms with van der Waals surface area (Å²) in [5.41, 5.74) is 0.753. The maximum atomic E-state index is 11.7. The molecule has 0 aromatic carbocycles. The number of hydrogen-bond donors (Lipinski definition) is 1. The number of hydrogen-bond acceptors (Lipinski definition) is 4. The van der Waals surface area contributed by atoms with Gasteiger partial charge in [-0.3, -0.25) is 4.68 Å². The summed E-state index contributed by atoms with van der Waals surface area (Å²) < 4.78 is 6.18. The molecule has 0 saturated carbocycles. The van der Waals surface area contributed by atoms with Crippen LogP contribution in [-0.2, 0) is 9.53 Å². The first kappa shape index (κ1) is 12.7. The summed E-state index contributed by atoms with van der Waals surface area (Å²) in [7, 11) is 0. The Morgan fingerprint density at radius 1 is 1.47 bits per heavy atom. The molecule has 19 heavy (non-hydrogen) atoms. The normalized spacial score (nSPS) is 13.9. The van der Waals surface area contributed by atoms with Crippen molar-refractivity contribution in [3.63, 3.8) is 0 Å². The van der Waals surface area contributed by atoms with Gasteiger partial charge in [0, 0.05) is 5.56 Å². The van der Waals surface area contributed by atoms with Gasteiger partial charge in [0.05, 0.1) is 17.3 Å². The molecule has 1 aliphatic carbocycles. The Bertz CT molecular complexity index is 730. The maximum absolute atomic E-state index is 11.7. The number of aromatic nitrogens is 1. The number of ether oxygens (including phenoxy) is 1. The quantitative estimate of drug-likeness (QED) is 0.586. The Morgan fingerprint density at radius 2 is 2.26 bits per heavy atom. The standard InChI is InChI=1S/C14H13N3O2/c1-2-19-14(18)11(9-15)13-8-10-6-4-3-5-7-12(10)17(13)16/h3-8H,2,16H2,1H3/b13-11+. The molecule has 0 radical (unpaired) electrons. The number of allylic oxidation sites excluding steroid dienone is 3. The lowest BCUT2D eigenvalue weighted by Gasteiger charge is -2.00. The van der Waals surface area contributed by atoms with Gasteiger partial charge in [-0.25, -0.2) is 4.79 Å². The summed E-state index contributed by atoms with van der Waals surface area (Å²) in [6.07, 6.45) is 9.26. The van der Waals surface area contributed by atoms with Crippen LogP contribution in [0.15, 0.2) is 24.3 Å². The van der Waals surface area contributed by atoms with E-state index in [0.29, 0.717) is 5.35 Å². The van der Waals surface area contributed by atoms with E-state index in [9.17, 15) is 4.79 Å². The van der Waals surface area contributed by atoms with E-state index in [1.807, 2.05) is 36.4 Å². The number of carbonyl (C=O) groups is 1. The Morgan fingerprint density at radius 3 is 2.95 bits per heavy atom. The van der Waals surface area contributed by atoms with Crippen molar-refractivity contribution in [2.24, 2.45) is 0 Å². The summed E-state index contributed by atoms with van der Waals surface area (Å²) in [6, 6.07) is 3.55. The van der Waals surface area contributed by atoms with Gasteiger partial charge in [0.15, 0.2) is 5.57 Å². The van der Waals surface area contributed by atoms with E-state index in [4.69, 9.17) is 15.8 Å². The van der Waals surface area contributed by atoms with E-state index in [0.717, 1.165) is 10.9 Å². The van der Waals surface area contributed by atoms with Crippen LogP contribution >= 0.6 is 0 Å². The van der Waals surface area contributed by atoms with Crippen molar-refractivity contribution in [1.82, 2.24) is 4.68 Å². The molecule has 0 atom stereocenters. The summed E-state index contributed by atoms with van der Waals surface area (Å²) in [4.78, 5) is 11.7. The maximum Gasteiger partial charge on any atom is 0.351 e. The first-order valence-electron chi connectivity index (χ1n) is 5.82. The topological polar surface area (TPSA) is 81.0 Å². The Hall–Kier alpha value is -2.74. The Kier molecular flexibility index (Phi) is 3.53. The van der Waals surface area contributed by atoms with Crippen LogP contribution in [-0.4, -0.2) is 17.3 Å². The predicted molar refractivity (Wildman–Crippen MR) is 72.1 cm³/mol. The van der Waals surface area contributed by atoms with Crippen LogP contribution in [0.5, 0.6) is 0 Å². The van der Waals surface area contributed by atoms with Gasteiger partial charge in [0.25, 0.3) is 0 Å². The van der Waals surface area contributed by atoms with Crippen molar-refractivity contribution in [3.8, 4) is 6.07 Å². The highest BCUT2D eigenvalue weighted by Crippen LogP contribution is 2.00. The first-order chi connectivity index (χ1) is 9.19. The van der Waals surface area contributed by atoms with Gasteiger partial charge < -0.3 is 10.6 Å². The smallest absolute Gasteiger partial charge is 0.351 e. The van der Waals surface area contributed by atoms with Gasteiger partial charge in [0.2, 0.25) is 0 Å². The van der Waals surface area contributed by atoms with Gasteiger partial charge in [-0.2, -0.15) is 5.26 Å². The highest BCUT2D eigenvalue weighted by atomic mass is 16.5. The summed E-state index contributed by atoms with van der Waals surface area (Å²) in [5.74, 6) is 5.28. The van der Waals surface area contributed by atoms with Crippen LogP contribution < -0.4 is 16.5 Å². The van der Waals surface area contributed by atoms with Crippen molar-refractivity contribution >= 4 is 23.7 Å². The van der Waals surface area contributed by atoms with Crippen molar-refractivity contribution in [1.29, 1.82) is 5.26 Å².